The molecular weight excluding hydrogens is 174 g/mol. The number of hydrogen-bond acceptors (Lipinski definition) is 1. The molecule has 0 aliphatic rings. The molecule has 0 radical (unpaired) electrons. The maximum Gasteiger partial charge on any atom is 0.119 e. The molecule has 0 saturated carbocycles. The highest BCUT2D eigenvalue weighted by atomic mass is 16.5. The van der Waals surface area contributed by atoms with Crippen LogP contribution in [0.1, 0.15) is 25.5 Å². The van der Waals surface area contributed by atoms with Crippen LogP contribution < -0.4 is 4.74 Å². The van der Waals surface area contributed by atoms with E-state index in [4.69, 9.17) is 4.74 Å². The minimum absolute atomic E-state index is 0.536. The van der Waals surface area contributed by atoms with Crippen molar-refractivity contribution in [2.75, 3.05) is 7.11 Å². The van der Waals surface area contributed by atoms with Crippen LogP contribution in [0.5, 0.6) is 5.75 Å². The number of fused-ring (bicyclic) bond motifs is 1. The molecule has 14 heavy (non-hydrogen) atoms. The van der Waals surface area contributed by atoms with Gasteiger partial charge in [0, 0.05) is 16.6 Å². The van der Waals surface area contributed by atoms with Gasteiger partial charge in [-0.15, -0.1) is 0 Å². The van der Waals surface area contributed by atoms with Crippen LogP contribution in [-0.2, 0) is 0 Å². The molecule has 2 nitrogen and oxygen atoms in total. The van der Waals surface area contributed by atoms with Crippen molar-refractivity contribution in [3.8, 4) is 5.75 Å². The third-order valence-electron chi connectivity index (χ3n) is 2.47. The molecule has 0 bridgehead atoms. The number of ether oxygens (including phenoxy) is 1. The SMILES string of the molecule is COc1ccc2[nH]c(C(C)C)cc2c1. The highest BCUT2D eigenvalue weighted by Gasteiger charge is 2.04. The van der Waals surface area contributed by atoms with E-state index in [0.29, 0.717) is 5.92 Å². The van der Waals surface area contributed by atoms with Crippen molar-refractivity contribution in [1.29, 1.82) is 0 Å². The number of nitrogens with one attached hydrogen (secondary N) is 1. The molecule has 0 amide bonds. The average Bonchev–Trinajstić information content (AvgIpc) is 2.59. The number of hydrogen-bond donors (Lipinski definition) is 1. The first-order chi connectivity index (χ1) is 6.70. The zero-order valence-corrected chi connectivity index (χ0v) is 8.79. The second-order valence-electron chi connectivity index (χ2n) is 3.83. The van der Waals surface area contributed by atoms with Crippen LogP contribution in [-0.4, -0.2) is 12.1 Å². The highest BCUT2D eigenvalue weighted by molar-refractivity contribution is 5.82. The summed E-state index contributed by atoms with van der Waals surface area (Å²) in [6, 6.07) is 8.27. The summed E-state index contributed by atoms with van der Waals surface area (Å²) >= 11 is 0. The molecule has 0 fully saturated rings. The van der Waals surface area contributed by atoms with E-state index in [9.17, 15) is 0 Å². The van der Waals surface area contributed by atoms with Gasteiger partial charge in [0.25, 0.3) is 0 Å². The monoisotopic (exact) mass is 189 g/mol. The van der Waals surface area contributed by atoms with Crippen LogP contribution in [0, 0.1) is 0 Å². The van der Waals surface area contributed by atoms with Crippen molar-refractivity contribution in [2.24, 2.45) is 0 Å². The molecule has 74 valence electrons. The van der Waals surface area contributed by atoms with Crippen LogP contribution >= 0.6 is 0 Å². The number of rotatable bonds is 2. The van der Waals surface area contributed by atoms with Gasteiger partial charge in [0.05, 0.1) is 7.11 Å². The Labute approximate surface area is 83.9 Å². The molecule has 0 saturated heterocycles. The van der Waals surface area contributed by atoms with Crippen LogP contribution in [0.2, 0.25) is 0 Å². The lowest BCUT2D eigenvalue weighted by atomic mass is 10.1. The van der Waals surface area contributed by atoms with E-state index in [0.717, 1.165) is 5.75 Å². The molecule has 0 spiro atoms. The number of aromatic amines is 1. The molecule has 2 aromatic rings. The van der Waals surface area contributed by atoms with Gasteiger partial charge in [-0.3, -0.25) is 0 Å². The molecule has 0 atom stereocenters. The van der Waals surface area contributed by atoms with Crippen molar-refractivity contribution < 1.29 is 4.74 Å². The van der Waals surface area contributed by atoms with Crippen LogP contribution in [0.4, 0.5) is 0 Å². The fourth-order valence-electron chi connectivity index (χ4n) is 1.57. The van der Waals surface area contributed by atoms with Crippen LogP contribution in [0.15, 0.2) is 24.3 Å². The van der Waals surface area contributed by atoms with Crippen molar-refractivity contribution in [3.63, 3.8) is 0 Å². The lowest BCUT2D eigenvalue weighted by Crippen LogP contribution is -1.84. The van der Waals surface area contributed by atoms with Crippen molar-refractivity contribution >= 4 is 10.9 Å². The van der Waals surface area contributed by atoms with Gasteiger partial charge in [0.15, 0.2) is 0 Å². The largest absolute Gasteiger partial charge is 0.497 e. The lowest BCUT2D eigenvalue weighted by Gasteiger charge is -1.98. The Morgan fingerprint density at radius 3 is 2.64 bits per heavy atom. The van der Waals surface area contributed by atoms with Crippen molar-refractivity contribution in [1.82, 2.24) is 4.98 Å². The van der Waals surface area contributed by atoms with Gasteiger partial charge in [-0.1, -0.05) is 13.8 Å². The van der Waals surface area contributed by atoms with Gasteiger partial charge in [0.2, 0.25) is 0 Å². The first-order valence-corrected chi connectivity index (χ1v) is 4.87. The fourth-order valence-corrected chi connectivity index (χ4v) is 1.57. The van der Waals surface area contributed by atoms with E-state index in [2.05, 4.69) is 37.0 Å². The average molecular weight is 189 g/mol. The summed E-state index contributed by atoms with van der Waals surface area (Å²) in [5, 5.41) is 1.22. The van der Waals surface area contributed by atoms with E-state index in [1.807, 2.05) is 6.07 Å². The summed E-state index contributed by atoms with van der Waals surface area (Å²) < 4.78 is 5.18. The van der Waals surface area contributed by atoms with Crippen LogP contribution in [0.25, 0.3) is 10.9 Å². The van der Waals surface area contributed by atoms with Gasteiger partial charge in [-0.25, -0.2) is 0 Å². The summed E-state index contributed by atoms with van der Waals surface area (Å²) in [5.74, 6) is 1.44. The summed E-state index contributed by atoms with van der Waals surface area (Å²) in [6.07, 6.45) is 0. The number of benzene rings is 1. The molecule has 1 aromatic heterocycles. The third kappa shape index (κ3) is 1.48. The van der Waals surface area contributed by atoms with E-state index >= 15 is 0 Å². The van der Waals surface area contributed by atoms with E-state index < -0.39 is 0 Å². The standard InChI is InChI=1S/C12H15NO/c1-8(2)12-7-9-6-10(14-3)4-5-11(9)13-12/h4-8,13H,1-3H3. The first kappa shape index (κ1) is 9.13. The van der Waals surface area contributed by atoms with Crippen molar-refractivity contribution in [2.45, 2.75) is 19.8 Å². The second kappa shape index (κ2) is 3.37. The predicted octanol–water partition coefficient (Wildman–Crippen LogP) is 3.30. The summed E-state index contributed by atoms with van der Waals surface area (Å²) in [6.45, 7) is 4.36. The summed E-state index contributed by atoms with van der Waals surface area (Å²) in [7, 11) is 1.69. The first-order valence-electron chi connectivity index (χ1n) is 4.87. The highest BCUT2D eigenvalue weighted by Crippen LogP contribution is 2.24. The van der Waals surface area contributed by atoms with Crippen molar-refractivity contribution in [3.05, 3.63) is 30.0 Å². The second-order valence-corrected chi connectivity index (χ2v) is 3.83. The quantitative estimate of drug-likeness (QED) is 0.770. The molecule has 0 aliphatic heterocycles. The minimum atomic E-state index is 0.536. The molecule has 2 rings (SSSR count). The normalized spacial score (nSPS) is 11.1. The third-order valence-corrected chi connectivity index (χ3v) is 2.47. The minimum Gasteiger partial charge on any atom is -0.497 e. The van der Waals surface area contributed by atoms with Gasteiger partial charge in [-0.05, 0) is 30.2 Å². The molecule has 1 N–H and O–H groups in total. The van der Waals surface area contributed by atoms with E-state index in [1.54, 1.807) is 7.11 Å². The van der Waals surface area contributed by atoms with Gasteiger partial charge in [-0.2, -0.15) is 0 Å². The molecule has 1 heterocycles. The van der Waals surface area contributed by atoms with Crippen LogP contribution in [0.3, 0.4) is 0 Å². The molecule has 2 heteroatoms. The smallest absolute Gasteiger partial charge is 0.119 e. The number of methoxy groups -OCH3 is 1. The Balaban J connectivity index is 2.54. The van der Waals surface area contributed by atoms with Gasteiger partial charge >= 0.3 is 0 Å². The Morgan fingerprint density at radius 2 is 2.00 bits per heavy atom. The lowest BCUT2D eigenvalue weighted by molar-refractivity contribution is 0.415. The summed E-state index contributed by atoms with van der Waals surface area (Å²) in [5.41, 5.74) is 2.45. The Morgan fingerprint density at radius 1 is 1.21 bits per heavy atom. The Bertz CT molecular complexity index is 443. The summed E-state index contributed by atoms with van der Waals surface area (Å²) in [4.78, 5) is 3.39. The molecule has 0 aliphatic carbocycles. The zero-order valence-electron chi connectivity index (χ0n) is 8.79. The maximum absolute atomic E-state index is 5.18. The Hall–Kier alpha value is -1.44. The Kier molecular flexibility index (Phi) is 2.20. The predicted molar refractivity (Wildman–Crippen MR) is 58.9 cm³/mol. The topological polar surface area (TPSA) is 25.0 Å². The van der Waals surface area contributed by atoms with E-state index in [1.165, 1.54) is 16.6 Å². The molecule has 1 aromatic carbocycles. The van der Waals surface area contributed by atoms with Gasteiger partial charge in [0.1, 0.15) is 5.75 Å². The maximum atomic E-state index is 5.18. The number of H-pyrrole nitrogens is 1. The molecular formula is C12H15NO. The fraction of sp³-hybridized carbons (Fsp3) is 0.333. The van der Waals surface area contributed by atoms with E-state index in [-0.39, 0.29) is 0 Å². The molecule has 0 unspecified atom stereocenters. The zero-order chi connectivity index (χ0) is 10.1. The van der Waals surface area contributed by atoms with Gasteiger partial charge < -0.3 is 9.72 Å². The number of aromatic nitrogens is 1.